The normalized spacial score (nSPS) is 17.4. The Hall–Kier alpha value is -2.90. The van der Waals surface area contributed by atoms with Gasteiger partial charge in [0.05, 0.1) is 12.8 Å². The predicted octanol–water partition coefficient (Wildman–Crippen LogP) is 0.806. The quantitative estimate of drug-likeness (QED) is 0.858. The number of likely N-dealkylation sites (tertiary alicyclic amines) is 1. The van der Waals surface area contributed by atoms with Gasteiger partial charge in [-0.1, -0.05) is 12.1 Å². The van der Waals surface area contributed by atoms with E-state index < -0.39 is 5.76 Å². The molecule has 1 aromatic heterocycles. The summed E-state index contributed by atoms with van der Waals surface area (Å²) in [5.74, 6) is -0.00125. The average Bonchev–Trinajstić information content (AvgIpc) is 3.19. The second kappa shape index (κ2) is 6.19. The molecule has 0 aliphatic carbocycles. The number of carbonyl (C=O) groups excluding carboxylic acids is 2. The summed E-state index contributed by atoms with van der Waals surface area (Å²) in [5, 5.41) is 8.95. The molecule has 2 amide bonds. The standard InChI is InChI=1S/C17H18N4O4/c22-14-9-12-2-1-10(7-13(12)18-14)8-15(23)21-5-3-11(4-6-21)16-19-20-17(24)25-16/h1-2,7,11H,3-6,8-9H2,(H,18,22)(H,20,24). The number of piperidine rings is 1. The Balaban J connectivity index is 1.36. The molecule has 0 spiro atoms. The zero-order valence-electron chi connectivity index (χ0n) is 13.6. The van der Waals surface area contributed by atoms with Crippen molar-refractivity contribution in [3.05, 3.63) is 45.8 Å². The van der Waals surface area contributed by atoms with Gasteiger partial charge in [0.15, 0.2) is 0 Å². The van der Waals surface area contributed by atoms with Crippen LogP contribution in [-0.2, 0) is 22.4 Å². The van der Waals surface area contributed by atoms with Crippen LogP contribution < -0.4 is 11.1 Å². The third-order valence-electron chi connectivity index (χ3n) is 4.81. The van der Waals surface area contributed by atoms with E-state index in [-0.39, 0.29) is 17.7 Å². The van der Waals surface area contributed by atoms with E-state index in [1.807, 2.05) is 23.1 Å². The van der Waals surface area contributed by atoms with Gasteiger partial charge in [-0.05, 0) is 30.0 Å². The van der Waals surface area contributed by atoms with Gasteiger partial charge in [0.2, 0.25) is 17.7 Å². The maximum Gasteiger partial charge on any atom is 0.434 e. The lowest BCUT2D eigenvalue weighted by atomic mass is 9.96. The maximum absolute atomic E-state index is 12.5. The molecular weight excluding hydrogens is 324 g/mol. The first kappa shape index (κ1) is 15.6. The molecule has 25 heavy (non-hydrogen) atoms. The van der Waals surface area contributed by atoms with Crippen molar-refractivity contribution >= 4 is 17.5 Å². The summed E-state index contributed by atoms with van der Waals surface area (Å²) < 4.78 is 5.01. The first-order chi connectivity index (χ1) is 12.1. The minimum atomic E-state index is -0.544. The van der Waals surface area contributed by atoms with Gasteiger partial charge < -0.3 is 14.6 Å². The zero-order valence-corrected chi connectivity index (χ0v) is 13.6. The maximum atomic E-state index is 12.5. The Morgan fingerprint density at radius 1 is 1.28 bits per heavy atom. The van der Waals surface area contributed by atoms with E-state index in [2.05, 4.69) is 15.5 Å². The van der Waals surface area contributed by atoms with Crippen LogP contribution in [-0.4, -0.2) is 40.0 Å². The smallest absolute Gasteiger partial charge is 0.392 e. The number of hydrogen-bond acceptors (Lipinski definition) is 5. The number of fused-ring (bicyclic) bond motifs is 1. The molecule has 2 N–H and O–H groups in total. The molecule has 4 rings (SSSR count). The van der Waals surface area contributed by atoms with Crippen molar-refractivity contribution in [1.29, 1.82) is 0 Å². The van der Waals surface area contributed by atoms with Crippen LogP contribution >= 0.6 is 0 Å². The van der Waals surface area contributed by atoms with Gasteiger partial charge in [0, 0.05) is 24.7 Å². The van der Waals surface area contributed by atoms with Crippen molar-refractivity contribution in [2.75, 3.05) is 18.4 Å². The van der Waals surface area contributed by atoms with E-state index >= 15 is 0 Å². The molecule has 2 aliphatic heterocycles. The molecule has 2 aromatic rings. The number of hydrogen-bond donors (Lipinski definition) is 2. The fourth-order valence-corrected chi connectivity index (χ4v) is 3.45. The fourth-order valence-electron chi connectivity index (χ4n) is 3.45. The van der Waals surface area contributed by atoms with E-state index in [1.165, 1.54) is 0 Å². The second-order valence-electron chi connectivity index (χ2n) is 6.50. The van der Waals surface area contributed by atoms with E-state index in [4.69, 9.17) is 4.42 Å². The molecule has 1 fully saturated rings. The summed E-state index contributed by atoms with van der Waals surface area (Å²) in [7, 11) is 0. The van der Waals surface area contributed by atoms with Crippen LogP contribution in [0.1, 0.15) is 35.8 Å². The highest BCUT2D eigenvalue weighted by molar-refractivity contribution is 5.99. The van der Waals surface area contributed by atoms with Crippen molar-refractivity contribution < 1.29 is 14.0 Å². The summed E-state index contributed by atoms with van der Waals surface area (Å²) in [6.45, 7) is 1.23. The molecule has 1 saturated heterocycles. The van der Waals surface area contributed by atoms with Gasteiger partial charge in [0.1, 0.15) is 0 Å². The highest BCUT2D eigenvalue weighted by Gasteiger charge is 2.27. The van der Waals surface area contributed by atoms with Crippen molar-refractivity contribution in [2.24, 2.45) is 0 Å². The average molecular weight is 342 g/mol. The third-order valence-corrected chi connectivity index (χ3v) is 4.81. The Morgan fingerprint density at radius 3 is 2.80 bits per heavy atom. The number of aromatic amines is 1. The van der Waals surface area contributed by atoms with Gasteiger partial charge in [0.25, 0.3) is 0 Å². The number of nitrogens with one attached hydrogen (secondary N) is 2. The minimum absolute atomic E-state index is 0.00874. The molecule has 1 aromatic carbocycles. The van der Waals surface area contributed by atoms with Crippen molar-refractivity contribution in [3.8, 4) is 0 Å². The molecule has 0 atom stereocenters. The van der Waals surface area contributed by atoms with Gasteiger partial charge in [-0.3, -0.25) is 9.59 Å². The lowest BCUT2D eigenvalue weighted by molar-refractivity contribution is -0.131. The summed E-state index contributed by atoms with van der Waals surface area (Å²) in [4.78, 5) is 36.8. The van der Waals surface area contributed by atoms with Crippen LogP contribution in [0.2, 0.25) is 0 Å². The highest BCUT2D eigenvalue weighted by Crippen LogP contribution is 2.27. The van der Waals surface area contributed by atoms with E-state index in [9.17, 15) is 14.4 Å². The Labute approximate surface area is 143 Å². The molecule has 130 valence electrons. The number of rotatable bonds is 3. The molecule has 0 saturated carbocycles. The highest BCUT2D eigenvalue weighted by atomic mass is 16.4. The van der Waals surface area contributed by atoms with E-state index in [0.29, 0.717) is 31.8 Å². The Morgan fingerprint density at radius 2 is 2.08 bits per heavy atom. The van der Waals surface area contributed by atoms with Gasteiger partial charge in [-0.2, -0.15) is 0 Å². The second-order valence-corrected chi connectivity index (χ2v) is 6.50. The van der Waals surface area contributed by atoms with Crippen LogP contribution in [0.3, 0.4) is 0 Å². The van der Waals surface area contributed by atoms with Crippen molar-refractivity contribution in [3.63, 3.8) is 0 Å². The van der Waals surface area contributed by atoms with Gasteiger partial charge in [-0.15, -0.1) is 5.10 Å². The van der Waals surface area contributed by atoms with Crippen LogP contribution in [0.15, 0.2) is 27.4 Å². The number of nitrogens with zero attached hydrogens (tertiary/aromatic N) is 2. The summed E-state index contributed by atoms with van der Waals surface area (Å²) in [5.41, 5.74) is 2.68. The molecule has 2 aliphatic rings. The summed E-state index contributed by atoms with van der Waals surface area (Å²) >= 11 is 0. The number of aromatic nitrogens is 2. The molecule has 3 heterocycles. The number of anilines is 1. The number of carbonyl (C=O) groups is 2. The van der Waals surface area contributed by atoms with E-state index in [0.717, 1.165) is 29.7 Å². The lowest BCUT2D eigenvalue weighted by Crippen LogP contribution is -2.38. The molecule has 8 nitrogen and oxygen atoms in total. The zero-order chi connectivity index (χ0) is 17.4. The molecule has 0 bridgehead atoms. The number of benzene rings is 1. The summed E-state index contributed by atoms with van der Waals surface area (Å²) in [6.07, 6.45) is 2.16. The largest absolute Gasteiger partial charge is 0.434 e. The molecule has 0 unspecified atom stereocenters. The lowest BCUT2D eigenvalue weighted by Gasteiger charge is -2.30. The number of H-pyrrole nitrogens is 1. The van der Waals surface area contributed by atoms with E-state index in [1.54, 1.807) is 0 Å². The fraction of sp³-hybridized carbons (Fsp3) is 0.412. The third kappa shape index (κ3) is 3.19. The van der Waals surface area contributed by atoms with Crippen LogP contribution in [0.5, 0.6) is 0 Å². The molecular formula is C17H18N4O4. The molecule has 8 heteroatoms. The SMILES string of the molecule is O=C1Cc2ccc(CC(=O)N3CCC(c4n[nH]c(=O)o4)CC3)cc2N1. The first-order valence-electron chi connectivity index (χ1n) is 8.33. The minimum Gasteiger partial charge on any atom is -0.392 e. The Bertz CT molecular complexity index is 877. The van der Waals surface area contributed by atoms with Crippen LogP contribution in [0, 0.1) is 0 Å². The van der Waals surface area contributed by atoms with Crippen molar-refractivity contribution in [2.45, 2.75) is 31.6 Å². The predicted molar refractivity (Wildman–Crippen MR) is 88.2 cm³/mol. The topological polar surface area (TPSA) is 108 Å². The van der Waals surface area contributed by atoms with Crippen LogP contribution in [0.25, 0.3) is 0 Å². The van der Waals surface area contributed by atoms with Gasteiger partial charge in [-0.25, -0.2) is 9.89 Å². The summed E-state index contributed by atoms with van der Waals surface area (Å²) in [6, 6.07) is 5.69. The molecule has 0 radical (unpaired) electrons. The van der Waals surface area contributed by atoms with Crippen molar-refractivity contribution in [1.82, 2.24) is 15.1 Å². The van der Waals surface area contributed by atoms with Gasteiger partial charge >= 0.3 is 5.76 Å². The Kier molecular flexibility index (Phi) is 3.87. The monoisotopic (exact) mass is 342 g/mol. The first-order valence-corrected chi connectivity index (χ1v) is 8.33. The number of amides is 2. The van der Waals surface area contributed by atoms with Crippen LogP contribution in [0.4, 0.5) is 5.69 Å².